The molecule has 0 aliphatic rings. The molecule has 0 fully saturated rings. The molecule has 2 aromatic carbocycles. The average Bonchev–Trinajstić information content (AvgIpc) is 2.61. The van der Waals surface area contributed by atoms with Gasteiger partial charge in [0.25, 0.3) is 0 Å². The highest BCUT2D eigenvalue weighted by Gasteiger charge is 2.16. The number of carbonyl (C=O) groups is 1. The molecule has 25 heavy (non-hydrogen) atoms. The van der Waals surface area contributed by atoms with Gasteiger partial charge in [0.2, 0.25) is 15.9 Å². The van der Waals surface area contributed by atoms with Crippen LogP contribution in [0.4, 0.5) is 5.69 Å². The first-order valence-electron chi connectivity index (χ1n) is 8.07. The number of hydrogen-bond donors (Lipinski definition) is 2. The van der Waals surface area contributed by atoms with Crippen LogP contribution in [0.1, 0.15) is 25.8 Å². The molecule has 0 saturated heterocycles. The third kappa shape index (κ3) is 5.85. The van der Waals surface area contributed by atoms with E-state index in [1.165, 1.54) is 18.2 Å². The highest BCUT2D eigenvalue weighted by Crippen LogP contribution is 2.15. The van der Waals surface area contributed by atoms with Gasteiger partial charge in [-0.1, -0.05) is 37.3 Å². The molecule has 0 aliphatic heterocycles. The normalized spacial score (nSPS) is 12.9. The second kappa shape index (κ2) is 8.60. The lowest BCUT2D eigenvalue weighted by atomic mass is 10.2. The molecule has 0 bridgehead atoms. The maximum Gasteiger partial charge on any atom is 0.248 e. The lowest BCUT2D eigenvalue weighted by molar-refractivity contribution is -0.111. The number of sulfonamides is 1. The highest BCUT2D eigenvalue weighted by atomic mass is 32.2. The van der Waals surface area contributed by atoms with Crippen LogP contribution in [0.3, 0.4) is 0 Å². The standard InChI is InChI=1S/C19H22N2O3S/c1-3-15(2)21-25(23,24)18-12-10-17(11-13-18)20-19(22)14-9-16-7-5-4-6-8-16/h4-15,21H,3H2,1-2H3,(H,20,22). The first-order chi connectivity index (χ1) is 11.9. The molecule has 132 valence electrons. The Morgan fingerprint density at radius 1 is 1.08 bits per heavy atom. The van der Waals surface area contributed by atoms with Crippen molar-refractivity contribution in [3.8, 4) is 0 Å². The number of benzene rings is 2. The van der Waals surface area contributed by atoms with Gasteiger partial charge in [0.1, 0.15) is 0 Å². The summed E-state index contributed by atoms with van der Waals surface area (Å²) in [7, 11) is -3.54. The first-order valence-corrected chi connectivity index (χ1v) is 9.55. The van der Waals surface area contributed by atoms with Crippen molar-refractivity contribution in [2.75, 3.05) is 5.32 Å². The van der Waals surface area contributed by atoms with E-state index < -0.39 is 10.0 Å². The van der Waals surface area contributed by atoms with Crippen molar-refractivity contribution in [3.63, 3.8) is 0 Å². The number of hydrogen-bond acceptors (Lipinski definition) is 3. The summed E-state index contributed by atoms with van der Waals surface area (Å²) in [5, 5.41) is 2.70. The zero-order valence-corrected chi connectivity index (χ0v) is 15.1. The Balaban J connectivity index is 2.00. The molecule has 0 spiro atoms. The zero-order valence-electron chi connectivity index (χ0n) is 14.3. The van der Waals surface area contributed by atoms with E-state index in [0.29, 0.717) is 12.1 Å². The Morgan fingerprint density at radius 2 is 1.72 bits per heavy atom. The highest BCUT2D eigenvalue weighted by molar-refractivity contribution is 7.89. The Bertz CT molecular complexity index is 829. The first kappa shape index (κ1) is 18.9. The third-order valence-electron chi connectivity index (χ3n) is 3.63. The topological polar surface area (TPSA) is 75.3 Å². The fraction of sp³-hybridized carbons (Fsp3) is 0.211. The molecule has 2 rings (SSSR count). The van der Waals surface area contributed by atoms with Crippen LogP contribution in [0.25, 0.3) is 6.08 Å². The molecule has 0 aromatic heterocycles. The summed E-state index contributed by atoms with van der Waals surface area (Å²) in [5.41, 5.74) is 1.46. The van der Waals surface area contributed by atoms with Crippen molar-refractivity contribution in [1.82, 2.24) is 4.72 Å². The van der Waals surface area contributed by atoms with Crippen molar-refractivity contribution in [1.29, 1.82) is 0 Å². The van der Waals surface area contributed by atoms with Crippen LogP contribution in [0, 0.1) is 0 Å². The van der Waals surface area contributed by atoms with E-state index in [0.717, 1.165) is 5.56 Å². The predicted molar refractivity (Wildman–Crippen MR) is 101 cm³/mol. The van der Waals surface area contributed by atoms with Crippen LogP contribution in [-0.2, 0) is 14.8 Å². The average molecular weight is 358 g/mol. The number of carbonyl (C=O) groups excluding carboxylic acids is 1. The smallest absolute Gasteiger partial charge is 0.248 e. The second-order valence-electron chi connectivity index (χ2n) is 5.69. The van der Waals surface area contributed by atoms with Gasteiger partial charge in [-0.2, -0.15) is 0 Å². The van der Waals surface area contributed by atoms with Gasteiger partial charge in [-0.05, 0) is 49.2 Å². The zero-order chi connectivity index (χ0) is 18.3. The van der Waals surface area contributed by atoms with Gasteiger partial charge in [-0.15, -0.1) is 0 Å². The Hall–Kier alpha value is -2.44. The molecule has 2 aromatic rings. The lowest BCUT2D eigenvalue weighted by Gasteiger charge is -2.12. The van der Waals surface area contributed by atoms with Gasteiger partial charge in [0.05, 0.1) is 4.90 Å². The fourth-order valence-corrected chi connectivity index (χ4v) is 3.38. The van der Waals surface area contributed by atoms with Crippen LogP contribution in [0.5, 0.6) is 0 Å². The van der Waals surface area contributed by atoms with Crippen molar-refractivity contribution in [2.45, 2.75) is 31.2 Å². The summed E-state index contributed by atoms with van der Waals surface area (Å²) in [6.45, 7) is 3.72. The monoisotopic (exact) mass is 358 g/mol. The summed E-state index contributed by atoms with van der Waals surface area (Å²) >= 11 is 0. The van der Waals surface area contributed by atoms with Gasteiger partial charge in [0.15, 0.2) is 0 Å². The van der Waals surface area contributed by atoms with Crippen molar-refractivity contribution in [2.24, 2.45) is 0 Å². The largest absolute Gasteiger partial charge is 0.323 e. The van der Waals surface area contributed by atoms with Crippen molar-refractivity contribution >= 4 is 27.7 Å². The summed E-state index contributed by atoms with van der Waals surface area (Å²) in [6.07, 6.45) is 3.86. The van der Waals surface area contributed by atoms with E-state index in [9.17, 15) is 13.2 Å². The maximum atomic E-state index is 12.2. The SMILES string of the molecule is CCC(C)NS(=O)(=O)c1ccc(NC(=O)C=Cc2ccccc2)cc1. The van der Waals surface area contributed by atoms with Crippen LogP contribution in [0.2, 0.25) is 0 Å². The molecule has 1 unspecified atom stereocenters. The molecule has 0 heterocycles. The molecule has 6 heteroatoms. The minimum absolute atomic E-state index is 0.132. The summed E-state index contributed by atoms with van der Waals surface area (Å²) < 4.78 is 27.0. The fourth-order valence-electron chi connectivity index (χ4n) is 2.05. The van der Waals surface area contributed by atoms with Crippen LogP contribution >= 0.6 is 0 Å². The van der Waals surface area contributed by atoms with Gasteiger partial charge in [-0.25, -0.2) is 13.1 Å². The van der Waals surface area contributed by atoms with Crippen LogP contribution < -0.4 is 10.0 Å². The molecule has 1 atom stereocenters. The van der Waals surface area contributed by atoms with Gasteiger partial charge >= 0.3 is 0 Å². The molecule has 0 aliphatic carbocycles. The van der Waals surface area contributed by atoms with Gasteiger partial charge in [0, 0.05) is 17.8 Å². The minimum atomic E-state index is -3.54. The summed E-state index contributed by atoms with van der Waals surface area (Å²) in [6, 6.07) is 15.4. The summed E-state index contributed by atoms with van der Waals surface area (Å²) in [4.78, 5) is 12.1. The number of amides is 1. The second-order valence-corrected chi connectivity index (χ2v) is 7.40. The molecule has 0 radical (unpaired) electrons. The van der Waals surface area contributed by atoms with E-state index in [1.54, 1.807) is 18.2 Å². The van der Waals surface area contributed by atoms with Crippen molar-refractivity contribution < 1.29 is 13.2 Å². The van der Waals surface area contributed by atoms with E-state index >= 15 is 0 Å². The van der Waals surface area contributed by atoms with E-state index in [1.807, 2.05) is 44.2 Å². The molecular weight excluding hydrogens is 336 g/mol. The van der Waals surface area contributed by atoms with Crippen LogP contribution in [-0.4, -0.2) is 20.4 Å². The van der Waals surface area contributed by atoms with E-state index in [4.69, 9.17) is 0 Å². The number of anilines is 1. The molecule has 5 nitrogen and oxygen atoms in total. The Kier molecular flexibility index (Phi) is 6.50. The summed E-state index contributed by atoms with van der Waals surface area (Å²) in [5.74, 6) is -0.280. The molecular formula is C19H22N2O3S. The van der Waals surface area contributed by atoms with Crippen LogP contribution in [0.15, 0.2) is 65.6 Å². The molecule has 0 saturated carbocycles. The van der Waals surface area contributed by atoms with Crippen molar-refractivity contribution in [3.05, 3.63) is 66.2 Å². The maximum absolute atomic E-state index is 12.2. The quantitative estimate of drug-likeness (QED) is 0.745. The Morgan fingerprint density at radius 3 is 2.32 bits per heavy atom. The molecule has 1 amide bonds. The third-order valence-corrected chi connectivity index (χ3v) is 5.23. The Labute approximate surface area is 148 Å². The lowest BCUT2D eigenvalue weighted by Crippen LogP contribution is -2.31. The minimum Gasteiger partial charge on any atom is -0.323 e. The van der Waals surface area contributed by atoms with Gasteiger partial charge in [-0.3, -0.25) is 4.79 Å². The predicted octanol–water partition coefficient (Wildman–Crippen LogP) is 3.42. The van der Waals surface area contributed by atoms with E-state index in [2.05, 4.69) is 10.0 Å². The molecule has 2 N–H and O–H groups in total. The van der Waals surface area contributed by atoms with Gasteiger partial charge < -0.3 is 5.32 Å². The number of rotatable bonds is 7. The number of nitrogens with one attached hydrogen (secondary N) is 2. The van der Waals surface area contributed by atoms with E-state index in [-0.39, 0.29) is 16.8 Å².